The summed E-state index contributed by atoms with van der Waals surface area (Å²) in [5, 5.41) is 22.1. The number of carbonyl (C=O) groups excluding carboxylic acids is 1. The number of allylic oxidation sites excluding steroid dienone is 2. The Morgan fingerprint density at radius 3 is 2.17 bits per heavy atom. The largest absolute Gasteiger partial charge is 0.509 e. The second-order valence-electron chi connectivity index (χ2n) is 8.80. The van der Waals surface area contributed by atoms with Crippen molar-refractivity contribution in [3.8, 4) is 0 Å². The summed E-state index contributed by atoms with van der Waals surface area (Å²) in [5.74, 6) is -0.515. The van der Waals surface area contributed by atoms with E-state index in [-0.39, 0.29) is 11.9 Å². The van der Waals surface area contributed by atoms with Gasteiger partial charge in [-0.3, -0.25) is 4.79 Å². The number of unbranched alkanes of at least 4 members (excludes halogenated alkanes) is 2. The van der Waals surface area contributed by atoms with Gasteiger partial charge in [-0.1, -0.05) is 74.7 Å². The summed E-state index contributed by atoms with van der Waals surface area (Å²) < 4.78 is 7.34. The van der Waals surface area contributed by atoms with Crippen LogP contribution in [-0.2, 0) is 9.53 Å². The molecule has 2 N–H and O–H groups in total. The van der Waals surface area contributed by atoms with Crippen molar-refractivity contribution >= 4 is 37.8 Å². The fourth-order valence-corrected chi connectivity index (χ4v) is 6.10. The molecule has 30 heavy (non-hydrogen) atoms. The van der Waals surface area contributed by atoms with Gasteiger partial charge in [-0.05, 0) is 60.9 Å². The first-order valence-electron chi connectivity index (χ1n) is 11.8. The minimum Gasteiger partial charge on any atom is -0.509 e. The highest BCUT2D eigenvalue weighted by atomic mass is 79.9. The summed E-state index contributed by atoms with van der Waals surface area (Å²) in [4.78, 5) is 13.6. The first-order valence-corrected chi connectivity index (χ1v) is 13.4. The third-order valence-corrected chi connectivity index (χ3v) is 9.04. The van der Waals surface area contributed by atoms with Crippen molar-refractivity contribution < 1.29 is 19.7 Å². The molecule has 6 heteroatoms. The first kappa shape index (κ1) is 25.9. The van der Waals surface area contributed by atoms with Crippen LogP contribution in [-0.4, -0.2) is 28.4 Å². The molecule has 1 fully saturated rings. The van der Waals surface area contributed by atoms with E-state index in [0.29, 0.717) is 27.4 Å². The number of aliphatic hydroxyl groups excluding tert-OH is 2. The van der Waals surface area contributed by atoms with Crippen LogP contribution >= 0.6 is 31.9 Å². The van der Waals surface area contributed by atoms with Crippen LogP contribution in [0.4, 0.5) is 0 Å². The van der Waals surface area contributed by atoms with Crippen LogP contribution in [0.2, 0.25) is 0 Å². The lowest BCUT2D eigenvalue weighted by Crippen LogP contribution is -2.48. The minimum absolute atomic E-state index is 0.0963. The van der Waals surface area contributed by atoms with Gasteiger partial charge in [0, 0.05) is 14.5 Å². The molecule has 2 aliphatic carbocycles. The zero-order valence-electron chi connectivity index (χ0n) is 18.5. The average Bonchev–Trinajstić information content (AvgIpc) is 2.86. The van der Waals surface area contributed by atoms with E-state index in [1.807, 2.05) is 0 Å². The molecule has 0 amide bonds. The molecule has 2 rings (SSSR count). The lowest BCUT2D eigenvalue weighted by atomic mass is 9.72. The molecule has 2 aliphatic rings. The van der Waals surface area contributed by atoms with Gasteiger partial charge in [0.2, 0.25) is 0 Å². The van der Waals surface area contributed by atoms with Crippen molar-refractivity contribution in [1.29, 1.82) is 0 Å². The molecule has 0 heterocycles. The van der Waals surface area contributed by atoms with Gasteiger partial charge in [0.1, 0.15) is 23.4 Å². The molecule has 172 valence electrons. The molecule has 0 aromatic heterocycles. The maximum atomic E-state index is 13.6. The van der Waals surface area contributed by atoms with Crippen molar-refractivity contribution in [1.82, 2.24) is 0 Å². The number of rotatable bonds is 8. The van der Waals surface area contributed by atoms with Crippen molar-refractivity contribution in [2.75, 3.05) is 0 Å². The molecule has 2 unspecified atom stereocenters. The van der Waals surface area contributed by atoms with Crippen LogP contribution in [0.25, 0.3) is 0 Å². The van der Waals surface area contributed by atoms with Gasteiger partial charge in [-0.15, -0.1) is 0 Å². The zero-order chi connectivity index (χ0) is 22.1. The van der Waals surface area contributed by atoms with Gasteiger partial charge in [0.05, 0.1) is 0 Å². The van der Waals surface area contributed by atoms with Crippen molar-refractivity contribution in [2.45, 2.75) is 116 Å². The molecule has 0 saturated heterocycles. The van der Waals surface area contributed by atoms with E-state index in [4.69, 9.17) is 4.74 Å². The van der Waals surface area contributed by atoms with E-state index in [1.165, 1.54) is 25.7 Å². The van der Waals surface area contributed by atoms with E-state index >= 15 is 0 Å². The van der Waals surface area contributed by atoms with E-state index < -0.39 is 17.5 Å². The summed E-state index contributed by atoms with van der Waals surface area (Å²) in [6.45, 7) is 4.14. The second kappa shape index (κ2) is 12.6. The average molecular weight is 550 g/mol. The Hall–Kier alpha value is -0.330. The molecule has 0 aromatic carbocycles. The van der Waals surface area contributed by atoms with Gasteiger partial charge < -0.3 is 14.9 Å². The van der Waals surface area contributed by atoms with Crippen LogP contribution < -0.4 is 0 Å². The number of halogens is 2. The Bertz CT molecular complexity index is 633. The predicted molar refractivity (Wildman–Crippen MR) is 129 cm³/mol. The number of ether oxygens (including phenoxy) is 1. The van der Waals surface area contributed by atoms with Crippen LogP contribution in [0.5, 0.6) is 0 Å². The number of carbonyl (C=O) groups is 1. The summed E-state index contributed by atoms with van der Waals surface area (Å²) >= 11 is 7.25. The summed E-state index contributed by atoms with van der Waals surface area (Å²) in [7, 11) is 0. The quantitative estimate of drug-likeness (QED) is 0.306. The third-order valence-electron chi connectivity index (χ3n) is 6.53. The van der Waals surface area contributed by atoms with Crippen molar-refractivity contribution in [2.24, 2.45) is 5.41 Å². The molecule has 0 aromatic rings. The fourth-order valence-electron chi connectivity index (χ4n) is 4.53. The van der Waals surface area contributed by atoms with E-state index in [9.17, 15) is 15.0 Å². The highest BCUT2D eigenvalue weighted by Gasteiger charge is 2.54. The molecule has 4 nitrogen and oxygen atoms in total. The lowest BCUT2D eigenvalue weighted by molar-refractivity contribution is -0.166. The Labute approximate surface area is 198 Å². The van der Waals surface area contributed by atoms with Gasteiger partial charge >= 0.3 is 5.97 Å². The number of hydrogen-bond acceptors (Lipinski definition) is 4. The minimum atomic E-state index is -1.30. The standard InChI is InChI=1S/C24H38Br2O4/c1-3-5-15-18-19(25)21(26)24(16-6-4-2,22(28)20(18)27)23(29)30-17-13-11-9-7-8-10-12-14-17/h17,22,27-28H,3-16H2,1-2H3. The number of hydrogen-bond donors (Lipinski definition) is 2. The van der Waals surface area contributed by atoms with Crippen LogP contribution in [0.3, 0.4) is 0 Å². The maximum absolute atomic E-state index is 13.6. The van der Waals surface area contributed by atoms with Crippen LogP contribution in [0, 0.1) is 5.41 Å². The number of aliphatic hydroxyl groups is 2. The van der Waals surface area contributed by atoms with E-state index in [2.05, 4.69) is 45.7 Å². The topological polar surface area (TPSA) is 66.8 Å². The highest BCUT2D eigenvalue weighted by molar-refractivity contribution is 9.14. The van der Waals surface area contributed by atoms with Crippen LogP contribution in [0.15, 0.2) is 20.3 Å². The Morgan fingerprint density at radius 1 is 1.03 bits per heavy atom. The molecule has 0 radical (unpaired) electrons. The predicted octanol–water partition coefficient (Wildman–Crippen LogP) is 7.59. The van der Waals surface area contributed by atoms with E-state index in [1.54, 1.807) is 0 Å². The normalized spacial score (nSPS) is 26.9. The SMILES string of the molecule is CCCCC1=C(O)C(O)C(CCCC)(C(=O)OC2CCCCCCCC2)C(Br)=C1Br. The Balaban J connectivity index is 2.33. The Morgan fingerprint density at radius 2 is 1.60 bits per heavy atom. The zero-order valence-corrected chi connectivity index (χ0v) is 21.7. The maximum Gasteiger partial charge on any atom is 0.320 e. The third kappa shape index (κ3) is 5.92. The molecule has 2 atom stereocenters. The molecule has 1 saturated carbocycles. The summed E-state index contributed by atoms with van der Waals surface area (Å²) in [6.07, 6.45) is 11.9. The second-order valence-corrected chi connectivity index (χ2v) is 10.4. The van der Waals surface area contributed by atoms with Gasteiger partial charge in [-0.25, -0.2) is 0 Å². The van der Waals surface area contributed by atoms with Gasteiger partial charge in [-0.2, -0.15) is 0 Å². The Kier molecular flexibility index (Phi) is 10.9. The van der Waals surface area contributed by atoms with Crippen molar-refractivity contribution in [3.05, 3.63) is 20.3 Å². The first-order chi connectivity index (χ1) is 14.4. The van der Waals surface area contributed by atoms with E-state index in [0.717, 1.165) is 51.4 Å². The monoisotopic (exact) mass is 548 g/mol. The molecule has 0 bridgehead atoms. The molecular formula is C24H38Br2O4. The number of esters is 1. The molecular weight excluding hydrogens is 512 g/mol. The van der Waals surface area contributed by atoms with Crippen molar-refractivity contribution in [3.63, 3.8) is 0 Å². The lowest BCUT2D eigenvalue weighted by Gasteiger charge is -2.40. The molecule has 0 spiro atoms. The van der Waals surface area contributed by atoms with Crippen LogP contribution in [0.1, 0.15) is 104 Å². The summed E-state index contributed by atoms with van der Waals surface area (Å²) in [6, 6.07) is 0. The fraction of sp³-hybridized carbons (Fsp3) is 0.792. The smallest absolute Gasteiger partial charge is 0.320 e. The molecule has 0 aliphatic heterocycles. The summed E-state index contributed by atoms with van der Waals surface area (Å²) in [5.41, 5.74) is -0.619. The highest BCUT2D eigenvalue weighted by Crippen LogP contribution is 2.52. The van der Waals surface area contributed by atoms with Gasteiger partial charge in [0.25, 0.3) is 0 Å². The van der Waals surface area contributed by atoms with Gasteiger partial charge in [0.15, 0.2) is 0 Å².